The molecule has 0 fully saturated rings. The fraction of sp³-hybridized carbons (Fsp3) is 0.174. The Balaban J connectivity index is 1.84. The van der Waals surface area contributed by atoms with Crippen LogP contribution in [0.3, 0.4) is 0 Å². The zero-order valence-electron chi connectivity index (χ0n) is 17.1. The van der Waals surface area contributed by atoms with Gasteiger partial charge in [-0.3, -0.25) is 9.10 Å². The van der Waals surface area contributed by atoms with Gasteiger partial charge in [0.1, 0.15) is 5.75 Å². The van der Waals surface area contributed by atoms with Crippen LogP contribution >= 0.6 is 0 Å². The molecule has 1 N–H and O–H groups in total. The predicted octanol–water partition coefficient (Wildman–Crippen LogP) is 4.47. The maximum absolute atomic E-state index is 12.9. The number of anilines is 2. The van der Waals surface area contributed by atoms with Gasteiger partial charge in [-0.15, -0.1) is 0 Å². The number of hydrogen-bond donors (Lipinski definition) is 1. The number of sulfonamides is 1. The van der Waals surface area contributed by atoms with E-state index < -0.39 is 10.0 Å². The summed E-state index contributed by atoms with van der Waals surface area (Å²) in [7, 11) is -2.19. The van der Waals surface area contributed by atoms with Crippen LogP contribution < -0.4 is 14.4 Å². The van der Waals surface area contributed by atoms with Crippen molar-refractivity contribution in [3.05, 3.63) is 83.9 Å². The minimum Gasteiger partial charge on any atom is -0.492 e. The molecule has 0 spiro atoms. The van der Waals surface area contributed by atoms with Crippen LogP contribution in [0.4, 0.5) is 11.4 Å². The third-order valence-electron chi connectivity index (χ3n) is 4.63. The van der Waals surface area contributed by atoms with Crippen molar-refractivity contribution in [2.45, 2.75) is 18.7 Å². The van der Waals surface area contributed by atoms with Crippen molar-refractivity contribution >= 4 is 27.3 Å². The van der Waals surface area contributed by atoms with Crippen molar-refractivity contribution in [1.29, 1.82) is 0 Å². The number of hydrogen-bond acceptors (Lipinski definition) is 4. The van der Waals surface area contributed by atoms with Crippen LogP contribution in [0.1, 0.15) is 22.8 Å². The molecule has 3 rings (SSSR count). The van der Waals surface area contributed by atoms with E-state index in [2.05, 4.69) is 5.32 Å². The standard InChI is InChI=1S/C23H24N2O4S/c1-4-29-22-13-9-8-12-20(22)24-23(26)18-14-15-21(17(2)16-18)25(3)30(27,28)19-10-6-5-7-11-19/h5-16H,4H2,1-3H3,(H,24,26). The summed E-state index contributed by atoms with van der Waals surface area (Å²) in [5, 5.41) is 2.85. The highest BCUT2D eigenvalue weighted by Crippen LogP contribution is 2.28. The van der Waals surface area contributed by atoms with Gasteiger partial charge in [-0.2, -0.15) is 0 Å². The number of rotatable bonds is 7. The molecule has 0 radical (unpaired) electrons. The van der Waals surface area contributed by atoms with Crippen LogP contribution in [0.15, 0.2) is 77.7 Å². The van der Waals surface area contributed by atoms with Crippen LogP contribution in [-0.4, -0.2) is 28.0 Å². The van der Waals surface area contributed by atoms with E-state index in [1.807, 2.05) is 19.1 Å². The number of carbonyl (C=O) groups excluding carboxylic acids is 1. The third kappa shape index (κ3) is 4.46. The smallest absolute Gasteiger partial charge is 0.264 e. The Morgan fingerprint density at radius 3 is 2.33 bits per heavy atom. The Bertz CT molecular complexity index is 1140. The lowest BCUT2D eigenvalue weighted by Crippen LogP contribution is -2.27. The minimum absolute atomic E-state index is 0.209. The van der Waals surface area contributed by atoms with Gasteiger partial charge in [-0.25, -0.2) is 8.42 Å². The molecule has 6 nitrogen and oxygen atoms in total. The Morgan fingerprint density at radius 2 is 1.67 bits per heavy atom. The van der Waals surface area contributed by atoms with Crippen LogP contribution in [-0.2, 0) is 10.0 Å². The first-order chi connectivity index (χ1) is 14.3. The molecule has 7 heteroatoms. The molecule has 0 heterocycles. The van der Waals surface area contributed by atoms with E-state index in [0.29, 0.717) is 34.9 Å². The molecule has 0 bridgehead atoms. The highest BCUT2D eigenvalue weighted by molar-refractivity contribution is 7.92. The Hall–Kier alpha value is -3.32. The van der Waals surface area contributed by atoms with Crippen LogP contribution in [0.2, 0.25) is 0 Å². The molecule has 0 saturated heterocycles. The van der Waals surface area contributed by atoms with E-state index in [9.17, 15) is 13.2 Å². The van der Waals surface area contributed by atoms with Crippen LogP contribution in [0, 0.1) is 6.92 Å². The van der Waals surface area contributed by atoms with E-state index in [1.54, 1.807) is 67.6 Å². The number of nitrogens with one attached hydrogen (secondary N) is 1. The number of ether oxygens (including phenoxy) is 1. The molecule has 0 aliphatic carbocycles. The van der Waals surface area contributed by atoms with E-state index in [4.69, 9.17) is 4.74 Å². The predicted molar refractivity (Wildman–Crippen MR) is 119 cm³/mol. The highest BCUT2D eigenvalue weighted by atomic mass is 32.2. The zero-order chi connectivity index (χ0) is 21.7. The summed E-state index contributed by atoms with van der Waals surface area (Å²) < 4.78 is 32.5. The van der Waals surface area contributed by atoms with Gasteiger partial charge >= 0.3 is 0 Å². The van der Waals surface area contributed by atoms with Crippen molar-refractivity contribution in [3.63, 3.8) is 0 Å². The molecular weight excluding hydrogens is 400 g/mol. The number of aryl methyl sites for hydroxylation is 1. The van der Waals surface area contributed by atoms with Gasteiger partial charge < -0.3 is 10.1 Å². The topological polar surface area (TPSA) is 75.7 Å². The van der Waals surface area contributed by atoms with Gasteiger partial charge in [0.25, 0.3) is 15.9 Å². The van der Waals surface area contributed by atoms with Crippen molar-refractivity contribution in [2.24, 2.45) is 0 Å². The summed E-state index contributed by atoms with van der Waals surface area (Å²) in [5.41, 5.74) is 2.18. The molecule has 3 aromatic rings. The number of benzene rings is 3. The lowest BCUT2D eigenvalue weighted by atomic mass is 10.1. The number of amides is 1. The van der Waals surface area contributed by atoms with Crippen molar-refractivity contribution in [1.82, 2.24) is 0 Å². The number of para-hydroxylation sites is 2. The second kappa shape index (κ2) is 9.00. The van der Waals surface area contributed by atoms with Crippen molar-refractivity contribution in [2.75, 3.05) is 23.3 Å². The Kier molecular flexibility index (Phi) is 6.42. The SMILES string of the molecule is CCOc1ccccc1NC(=O)c1ccc(N(C)S(=O)(=O)c2ccccc2)c(C)c1. The van der Waals surface area contributed by atoms with Crippen molar-refractivity contribution < 1.29 is 17.9 Å². The van der Waals surface area contributed by atoms with Crippen molar-refractivity contribution in [3.8, 4) is 5.75 Å². The van der Waals surface area contributed by atoms with Gasteiger partial charge in [-0.05, 0) is 61.9 Å². The normalized spacial score (nSPS) is 11.0. The first-order valence-electron chi connectivity index (χ1n) is 9.52. The molecule has 0 aliphatic heterocycles. The van der Waals surface area contributed by atoms with Crippen LogP contribution in [0.5, 0.6) is 5.75 Å². The fourth-order valence-electron chi connectivity index (χ4n) is 3.08. The number of nitrogens with zero attached hydrogens (tertiary/aromatic N) is 1. The lowest BCUT2D eigenvalue weighted by Gasteiger charge is -2.22. The average Bonchev–Trinajstić information content (AvgIpc) is 2.75. The van der Waals surface area contributed by atoms with Gasteiger partial charge in [0.2, 0.25) is 0 Å². The quantitative estimate of drug-likeness (QED) is 0.607. The van der Waals surface area contributed by atoms with E-state index in [1.165, 1.54) is 11.4 Å². The summed E-state index contributed by atoms with van der Waals surface area (Å²) in [6.45, 7) is 4.14. The molecule has 0 atom stereocenters. The number of carbonyl (C=O) groups is 1. The Labute approximate surface area is 177 Å². The second-order valence-electron chi connectivity index (χ2n) is 6.67. The highest BCUT2D eigenvalue weighted by Gasteiger charge is 2.22. The molecule has 1 amide bonds. The molecule has 0 saturated carbocycles. The summed E-state index contributed by atoms with van der Waals surface area (Å²) in [6.07, 6.45) is 0. The maximum atomic E-state index is 12.9. The molecule has 30 heavy (non-hydrogen) atoms. The third-order valence-corrected chi connectivity index (χ3v) is 6.42. The van der Waals surface area contributed by atoms with Gasteiger partial charge in [0.05, 0.1) is 22.9 Å². The Morgan fingerprint density at radius 1 is 1.00 bits per heavy atom. The van der Waals surface area contributed by atoms with E-state index in [0.717, 1.165) is 0 Å². The molecule has 3 aromatic carbocycles. The molecule has 0 aromatic heterocycles. The molecular formula is C23H24N2O4S. The van der Waals surface area contributed by atoms with Gasteiger partial charge in [0.15, 0.2) is 0 Å². The van der Waals surface area contributed by atoms with E-state index in [-0.39, 0.29) is 10.8 Å². The summed E-state index contributed by atoms with van der Waals surface area (Å²) in [6, 6.07) is 20.4. The maximum Gasteiger partial charge on any atom is 0.264 e. The monoisotopic (exact) mass is 424 g/mol. The lowest BCUT2D eigenvalue weighted by molar-refractivity contribution is 0.102. The minimum atomic E-state index is -3.69. The first kappa shape index (κ1) is 21.4. The molecule has 156 valence electrons. The zero-order valence-corrected chi connectivity index (χ0v) is 17.9. The van der Waals surface area contributed by atoms with Crippen LogP contribution in [0.25, 0.3) is 0 Å². The summed E-state index contributed by atoms with van der Waals surface area (Å²) in [4.78, 5) is 12.9. The first-order valence-corrected chi connectivity index (χ1v) is 11.0. The molecule has 0 aliphatic rings. The summed E-state index contributed by atoms with van der Waals surface area (Å²) in [5.74, 6) is 0.292. The van der Waals surface area contributed by atoms with Gasteiger partial charge in [0, 0.05) is 12.6 Å². The fourth-order valence-corrected chi connectivity index (χ4v) is 4.36. The average molecular weight is 425 g/mol. The largest absolute Gasteiger partial charge is 0.492 e. The van der Waals surface area contributed by atoms with E-state index >= 15 is 0 Å². The second-order valence-corrected chi connectivity index (χ2v) is 8.64. The van der Waals surface area contributed by atoms with Gasteiger partial charge in [-0.1, -0.05) is 30.3 Å². The molecule has 0 unspecified atom stereocenters. The summed E-state index contributed by atoms with van der Waals surface area (Å²) >= 11 is 0.